The molecular formula is C15H19ClN2O2. The number of hydrogen-bond acceptors (Lipinski definition) is 3. The Morgan fingerprint density at radius 2 is 1.85 bits per heavy atom. The van der Waals surface area contributed by atoms with E-state index in [2.05, 4.69) is 5.10 Å². The third-order valence-corrected chi connectivity index (χ3v) is 3.71. The molecule has 108 valence electrons. The fourth-order valence-electron chi connectivity index (χ4n) is 2.23. The van der Waals surface area contributed by atoms with Gasteiger partial charge in [-0.3, -0.25) is 4.68 Å². The Balaban J connectivity index is 2.30. The van der Waals surface area contributed by atoms with Crippen LogP contribution in [-0.4, -0.2) is 24.0 Å². The van der Waals surface area contributed by atoms with Gasteiger partial charge in [0.1, 0.15) is 0 Å². The van der Waals surface area contributed by atoms with Crippen LogP contribution < -0.4 is 9.47 Å². The summed E-state index contributed by atoms with van der Waals surface area (Å²) in [5.41, 5.74) is 4.30. The summed E-state index contributed by atoms with van der Waals surface area (Å²) in [4.78, 5) is 0. The van der Waals surface area contributed by atoms with Crippen molar-refractivity contribution in [2.45, 2.75) is 26.3 Å². The van der Waals surface area contributed by atoms with E-state index in [1.54, 1.807) is 14.2 Å². The Labute approximate surface area is 124 Å². The molecule has 0 bridgehead atoms. The zero-order valence-electron chi connectivity index (χ0n) is 12.2. The van der Waals surface area contributed by atoms with Crippen molar-refractivity contribution in [3.05, 3.63) is 40.7 Å². The van der Waals surface area contributed by atoms with Crippen molar-refractivity contribution in [3.63, 3.8) is 0 Å². The molecule has 1 heterocycles. The second-order valence-electron chi connectivity index (χ2n) is 4.63. The van der Waals surface area contributed by atoms with Crippen LogP contribution in [0.2, 0.25) is 0 Å². The first-order valence-electron chi connectivity index (χ1n) is 6.40. The average molecular weight is 295 g/mol. The Morgan fingerprint density at radius 3 is 2.40 bits per heavy atom. The van der Waals surface area contributed by atoms with Gasteiger partial charge in [0.2, 0.25) is 0 Å². The minimum absolute atomic E-state index is 0.490. The molecule has 0 saturated carbocycles. The van der Waals surface area contributed by atoms with Gasteiger partial charge in [0, 0.05) is 11.3 Å². The molecule has 0 radical (unpaired) electrons. The fraction of sp³-hybridized carbons (Fsp3) is 0.400. The molecule has 0 aliphatic rings. The zero-order chi connectivity index (χ0) is 14.7. The van der Waals surface area contributed by atoms with Crippen LogP contribution in [-0.2, 0) is 12.4 Å². The molecule has 0 spiro atoms. The minimum Gasteiger partial charge on any atom is -0.493 e. The molecule has 0 N–H and O–H groups in total. The zero-order valence-corrected chi connectivity index (χ0v) is 13.0. The summed E-state index contributed by atoms with van der Waals surface area (Å²) in [6.45, 7) is 4.71. The van der Waals surface area contributed by atoms with Gasteiger partial charge >= 0.3 is 0 Å². The van der Waals surface area contributed by atoms with Crippen LogP contribution in [0, 0.1) is 13.8 Å². The number of hydrogen-bond donors (Lipinski definition) is 0. The standard InChI is InChI=1S/C15H19ClN2O2/c1-10-13(8-16)11(2)18(17-10)9-12-5-6-14(19-3)15(7-12)20-4/h5-7H,8-9H2,1-4H3. The lowest BCUT2D eigenvalue weighted by atomic mass is 10.2. The number of aromatic nitrogens is 2. The molecule has 0 unspecified atom stereocenters. The van der Waals surface area contributed by atoms with Crippen LogP contribution in [0.5, 0.6) is 11.5 Å². The Morgan fingerprint density at radius 1 is 1.15 bits per heavy atom. The molecule has 0 aliphatic carbocycles. The molecule has 0 amide bonds. The lowest BCUT2D eigenvalue weighted by Crippen LogP contribution is -2.04. The van der Waals surface area contributed by atoms with Gasteiger partial charge in [-0.05, 0) is 31.5 Å². The lowest BCUT2D eigenvalue weighted by Gasteiger charge is -2.10. The largest absolute Gasteiger partial charge is 0.493 e. The third kappa shape index (κ3) is 2.75. The van der Waals surface area contributed by atoms with E-state index in [-0.39, 0.29) is 0 Å². The van der Waals surface area contributed by atoms with Crippen LogP contribution in [0.15, 0.2) is 18.2 Å². The number of alkyl halides is 1. The van der Waals surface area contributed by atoms with Gasteiger partial charge in [0.15, 0.2) is 11.5 Å². The Hall–Kier alpha value is -1.68. The highest BCUT2D eigenvalue weighted by Crippen LogP contribution is 2.28. The van der Waals surface area contributed by atoms with E-state index < -0.39 is 0 Å². The molecule has 2 aromatic rings. The molecule has 1 aromatic carbocycles. The second kappa shape index (κ2) is 6.18. The average Bonchev–Trinajstić information content (AvgIpc) is 2.72. The minimum atomic E-state index is 0.490. The number of methoxy groups -OCH3 is 2. The number of aryl methyl sites for hydroxylation is 1. The van der Waals surface area contributed by atoms with Crippen molar-refractivity contribution in [3.8, 4) is 11.5 Å². The van der Waals surface area contributed by atoms with Gasteiger partial charge in [-0.25, -0.2) is 0 Å². The Kier molecular flexibility index (Phi) is 4.55. The summed E-state index contributed by atoms with van der Waals surface area (Å²) in [5, 5.41) is 4.53. The smallest absolute Gasteiger partial charge is 0.161 e. The molecule has 0 aliphatic heterocycles. The van der Waals surface area contributed by atoms with Gasteiger partial charge in [-0.1, -0.05) is 6.07 Å². The normalized spacial score (nSPS) is 10.7. The van der Waals surface area contributed by atoms with E-state index in [0.29, 0.717) is 12.4 Å². The van der Waals surface area contributed by atoms with E-state index in [9.17, 15) is 0 Å². The summed E-state index contributed by atoms with van der Waals surface area (Å²) < 4.78 is 12.5. The van der Waals surface area contributed by atoms with Gasteiger partial charge in [-0.15, -0.1) is 11.6 Å². The lowest BCUT2D eigenvalue weighted by molar-refractivity contribution is 0.354. The van der Waals surface area contributed by atoms with Crippen molar-refractivity contribution < 1.29 is 9.47 Å². The molecule has 0 atom stereocenters. The first-order chi connectivity index (χ1) is 9.60. The van der Waals surface area contributed by atoms with Crippen LogP contribution in [0.25, 0.3) is 0 Å². The molecule has 2 rings (SSSR count). The van der Waals surface area contributed by atoms with Crippen molar-refractivity contribution in [2.75, 3.05) is 14.2 Å². The van der Waals surface area contributed by atoms with E-state index in [1.165, 1.54) is 0 Å². The van der Waals surface area contributed by atoms with Crippen molar-refractivity contribution >= 4 is 11.6 Å². The molecule has 1 aromatic heterocycles. The summed E-state index contributed by atoms with van der Waals surface area (Å²) in [7, 11) is 3.27. The van der Waals surface area contributed by atoms with E-state index >= 15 is 0 Å². The van der Waals surface area contributed by atoms with Crippen molar-refractivity contribution in [2.24, 2.45) is 0 Å². The number of halogens is 1. The van der Waals surface area contributed by atoms with Crippen LogP contribution in [0.4, 0.5) is 0 Å². The number of benzene rings is 1. The predicted molar refractivity (Wildman–Crippen MR) is 79.9 cm³/mol. The monoisotopic (exact) mass is 294 g/mol. The number of ether oxygens (including phenoxy) is 2. The molecule has 0 fully saturated rings. The second-order valence-corrected chi connectivity index (χ2v) is 4.90. The van der Waals surface area contributed by atoms with Crippen LogP contribution in [0.1, 0.15) is 22.5 Å². The predicted octanol–water partition coefficient (Wildman–Crippen LogP) is 3.30. The highest BCUT2D eigenvalue weighted by atomic mass is 35.5. The first-order valence-corrected chi connectivity index (χ1v) is 6.94. The van der Waals surface area contributed by atoms with Crippen molar-refractivity contribution in [1.29, 1.82) is 0 Å². The topological polar surface area (TPSA) is 36.3 Å². The van der Waals surface area contributed by atoms with Gasteiger partial charge in [0.25, 0.3) is 0 Å². The maximum atomic E-state index is 5.95. The number of rotatable bonds is 5. The van der Waals surface area contributed by atoms with Crippen LogP contribution >= 0.6 is 11.6 Å². The molecule has 0 saturated heterocycles. The molecule has 20 heavy (non-hydrogen) atoms. The third-order valence-electron chi connectivity index (χ3n) is 3.45. The molecule has 4 nitrogen and oxygen atoms in total. The molecular weight excluding hydrogens is 276 g/mol. The van der Waals surface area contributed by atoms with E-state index in [1.807, 2.05) is 36.7 Å². The molecule has 5 heteroatoms. The fourth-order valence-corrected chi connectivity index (χ4v) is 2.62. The first kappa shape index (κ1) is 14.7. The van der Waals surface area contributed by atoms with Gasteiger partial charge in [-0.2, -0.15) is 5.10 Å². The SMILES string of the molecule is COc1ccc(Cn2nc(C)c(CCl)c2C)cc1OC. The highest BCUT2D eigenvalue weighted by molar-refractivity contribution is 6.17. The maximum absolute atomic E-state index is 5.95. The van der Waals surface area contributed by atoms with Crippen LogP contribution in [0.3, 0.4) is 0 Å². The van der Waals surface area contributed by atoms with E-state index in [4.69, 9.17) is 21.1 Å². The summed E-state index contributed by atoms with van der Waals surface area (Å²) in [6.07, 6.45) is 0. The summed E-state index contributed by atoms with van der Waals surface area (Å²) in [6, 6.07) is 5.89. The summed E-state index contributed by atoms with van der Waals surface area (Å²) >= 11 is 5.95. The quantitative estimate of drug-likeness (QED) is 0.794. The van der Waals surface area contributed by atoms with Gasteiger partial charge < -0.3 is 9.47 Å². The van der Waals surface area contributed by atoms with Gasteiger partial charge in [0.05, 0.1) is 32.3 Å². The summed E-state index contributed by atoms with van der Waals surface area (Å²) in [5.74, 6) is 1.94. The Bertz CT molecular complexity index is 608. The highest BCUT2D eigenvalue weighted by Gasteiger charge is 2.11. The van der Waals surface area contributed by atoms with Crippen molar-refractivity contribution in [1.82, 2.24) is 9.78 Å². The number of nitrogens with zero attached hydrogens (tertiary/aromatic N) is 2. The van der Waals surface area contributed by atoms with E-state index in [0.717, 1.165) is 34.0 Å². The maximum Gasteiger partial charge on any atom is 0.161 e.